The molecule has 20 heavy (non-hydrogen) atoms. The lowest BCUT2D eigenvalue weighted by molar-refractivity contribution is 0.914. The molecule has 0 unspecified atom stereocenters. The second-order valence-electron chi connectivity index (χ2n) is 4.34. The molecule has 3 aromatic rings. The average Bonchev–Trinajstić information content (AvgIpc) is 2.76. The van der Waals surface area contributed by atoms with E-state index in [1.807, 2.05) is 26.2 Å². The Morgan fingerprint density at radius 2 is 2.00 bits per heavy atom. The Morgan fingerprint density at radius 3 is 2.75 bits per heavy atom. The van der Waals surface area contributed by atoms with Crippen molar-refractivity contribution in [3.8, 4) is 11.4 Å². The summed E-state index contributed by atoms with van der Waals surface area (Å²) in [5, 5.41) is 5.59. The van der Waals surface area contributed by atoms with Gasteiger partial charge in [-0.3, -0.25) is 0 Å². The number of rotatable bonds is 2. The molecule has 7 heteroatoms. The third-order valence-electron chi connectivity index (χ3n) is 3.09. The summed E-state index contributed by atoms with van der Waals surface area (Å²) >= 11 is 7.78. The number of hydrogen-bond acceptors (Lipinski definition) is 5. The molecular weight excluding hydrogens is 294 g/mol. The summed E-state index contributed by atoms with van der Waals surface area (Å²) in [6.45, 7) is 3.93. The summed E-state index contributed by atoms with van der Waals surface area (Å²) in [7, 11) is 0. The van der Waals surface area contributed by atoms with Crippen molar-refractivity contribution in [2.45, 2.75) is 19.0 Å². The van der Waals surface area contributed by atoms with Crippen molar-refractivity contribution in [2.24, 2.45) is 0 Å². The molecule has 3 rings (SSSR count). The molecule has 0 bridgehead atoms. The Labute approximate surface area is 125 Å². The molecule has 3 heterocycles. The first-order valence-electron chi connectivity index (χ1n) is 6.00. The van der Waals surface area contributed by atoms with Crippen LogP contribution in [0.15, 0.2) is 23.5 Å². The molecule has 3 aromatic heterocycles. The number of thioether (sulfide) groups is 1. The van der Waals surface area contributed by atoms with Crippen LogP contribution in [0.3, 0.4) is 0 Å². The zero-order valence-electron chi connectivity index (χ0n) is 11.3. The van der Waals surface area contributed by atoms with Crippen molar-refractivity contribution < 1.29 is 0 Å². The van der Waals surface area contributed by atoms with E-state index in [4.69, 9.17) is 11.6 Å². The second-order valence-corrected chi connectivity index (χ2v) is 5.50. The van der Waals surface area contributed by atoms with Gasteiger partial charge in [0.15, 0.2) is 10.8 Å². The van der Waals surface area contributed by atoms with E-state index in [9.17, 15) is 0 Å². The number of aryl methyl sites for hydroxylation is 2. The van der Waals surface area contributed by atoms with Gasteiger partial charge in [0.2, 0.25) is 0 Å². The Hall–Kier alpha value is -1.66. The normalized spacial score (nSPS) is 11.2. The minimum absolute atomic E-state index is 0.519. The first-order chi connectivity index (χ1) is 9.60. The van der Waals surface area contributed by atoms with Gasteiger partial charge in [-0.1, -0.05) is 23.4 Å². The van der Waals surface area contributed by atoms with Gasteiger partial charge < -0.3 is 0 Å². The first-order valence-corrected chi connectivity index (χ1v) is 7.60. The summed E-state index contributed by atoms with van der Waals surface area (Å²) < 4.78 is 1.65. The highest BCUT2D eigenvalue weighted by Crippen LogP contribution is 2.24. The topological polar surface area (TPSA) is 56.0 Å². The van der Waals surface area contributed by atoms with Gasteiger partial charge in [0, 0.05) is 17.8 Å². The lowest BCUT2D eigenvalue weighted by Gasteiger charge is -2.04. The highest BCUT2D eigenvalue weighted by molar-refractivity contribution is 7.98. The molecule has 0 aromatic carbocycles. The Morgan fingerprint density at radius 1 is 1.20 bits per heavy atom. The molecule has 0 radical (unpaired) electrons. The molecule has 0 aliphatic carbocycles. The minimum Gasteiger partial charge on any atom is -0.231 e. The largest absolute Gasteiger partial charge is 0.231 e. The lowest BCUT2D eigenvalue weighted by Crippen LogP contribution is -1.97. The number of nitrogens with zero attached hydrogens (tertiary/aromatic N) is 5. The van der Waals surface area contributed by atoms with Gasteiger partial charge >= 0.3 is 0 Å². The van der Waals surface area contributed by atoms with E-state index >= 15 is 0 Å². The van der Waals surface area contributed by atoms with E-state index in [1.165, 1.54) is 11.8 Å². The minimum atomic E-state index is 0.519. The quantitative estimate of drug-likeness (QED) is 0.413. The predicted molar refractivity (Wildman–Crippen MR) is 80.3 cm³/mol. The van der Waals surface area contributed by atoms with Crippen molar-refractivity contribution in [1.29, 1.82) is 0 Å². The van der Waals surface area contributed by atoms with Crippen molar-refractivity contribution >= 4 is 29.0 Å². The highest BCUT2D eigenvalue weighted by atomic mass is 35.5. The van der Waals surface area contributed by atoms with Crippen molar-refractivity contribution in [2.75, 3.05) is 6.26 Å². The summed E-state index contributed by atoms with van der Waals surface area (Å²) in [6, 6.07) is 3.60. The molecule has 0 saturated carbocycles. The molecule has 102 valence electrons. The fraction of sp³-hybridized carbons (Fsp3) is 0.231. The maximum Gasteiger partial charge on any atom is 0.187 e. The summed E-state index contributed by atoms with van der Waals surface area (Å²) in [5.74, 6) is 0. The number of hydrogen-bond donors (Lipinski definition) is 0. The van der Waals surface area contributed by atoms with Crippen LogP contribution in [0.1, 0.15) is 11.3 Å². The summed E-state index contributed by atoms with van der Waals surface area (Å²) in [6.07, 6.45) is 3.66. The molecule has 0 N–H and O–H groups in total. The maximum absolute atomic E-state index is 6.28. The molecule has 0 fully saturated rings. The maximum atomic E-state index is 6.28. The van der Waals surface area contributed by atoms with Crippen LogP contribution in [-0.2, 0) is 0 Å². The van der Waals surface area contributed by atoms with Gasteiger partial charge in [0.1, 0.15) is 5.15 Å². The molecule has 0 atom stereocenters. The van der Waals surface area contributed by atoms with Gasteiger partial charge in [-0.2, -0.15) is 5.10 Å². The lowest BCUT2D eigenvalue weighted by atomic mass is 10.2. The zero-order chi connectivity index (χ0) is 14.3. The second kappa shape index (κ2) is 5.03. The van der Waals surface area contributed by atoms with Gasteiger partial charge in [0.05, 0.1) is 17.1 Å². The van der Waals surface area contributed by atoms with Gasteiger partial charge in [-0.15, -0.1) is 0 Å². The molecule has 0 amide bonds. The fourth-order valence-corrected chi connectivity index (χ4v) is 2.48. The molecule has 0 saturated heterocycles. The third-order valence-corrected chi connectivity index (χ3v) is 3.92. The fourth-order valence-electron chi connectivity index (χ4n) is 1.91. The van der Waals surface area contributed by atoms with Crippen LogP contribution in [0.25, 0.3) is 17.0 Å². The Balaban J connectivity index is 2.23. The predicted octanol–water partition coefficient (Wildman–Crippen LogP) is 3.18. The van der Waals surface area contributed by atoms with E-state index in [-0.39, 0.29) is 0 Å². The molecule has 0 aliphatic heterocycles. The van der Waals surface area contributed by atoms with E-state index in [2.05, 4.69) is 20.1 Å². The number of aromatic nitrogens is 5. The van der Waals surface area contributed by atoms with E-state index in [1.54, 1.807) is 16.8 Å². The van der Waals surface area contributed by atoms with Gasteiger partial charge in [-0.05, 0) is 26.2 Å². The number of halogens is 1. The average molecular weight is 306 g/mol. The van der Waals surface area contributed by atoms with Crippen molar-refractivity contribution in [3.05, 3.63) is 34.7 Å². The van der Waals surface area contributed by atoms with Crippen LogP contribution in [-0.4, -0.2) is 30.8 Å². The van der Waals surface area contributed by atoms with Crippen LogP contribution < -0.4 is 0 Å². The van der Waals surface area contributed by atoms with Gasteiger partial charge in [-0.25, -0.2) is 19.5 Å². The highest BCUT2D eigenvalue weighted by Gasteiger charge is 2.13. The smallest absolute Gasteiger partial charge is 0.187 e. The standard InChI is InChI=1S/C13H12ClN5S/c1-7-8(2)18-19-11(14)6-10(16-12(7)19)9-4-5-15-13(17-9)20-3/h4-6H,1-3H3. The molecule has 5 nitrogen and oxygen atoms in total. The first kappa shape index (κ1) is 13.3. The Bertz CT molecular complexity index is 799. The summed E-state index contributed by atoms with van der Waals surface area (Å²) in [5.41, 5.74) is 4.18. The zero-order valence-corrected chi connectivity index (χ0v) is 12.8. The summed E-state index contributed by atoms with van der Waals surface area (Å²) in [4.78, 5) is 13.2. The molecular formula is C13H12ClN5S. The monoisotopic (exact) mass is 305 g/mol. The van der Waals surface area contributed by atoms with Crippen LogP contribution in [0, 0.1) is 13.8 Å². The van der Waals surface area contributed by atoms with Crippen LogP contribution in [0.4, 0.5) is 0 Å². The van der Waals surface area contributed by atoms with Crippen molar-refractivity contribution in [3.63, 3.8) is 0 Å². The van der Waals surface area contributed by atoms with E-state index < -0.39 is 0 Å². The van der Waals surface area contributed by atoms with E-state index in [0.29, 0.717) is 10.3 Å². The Kier molecular flexibility index (Phi) is 3.35. The van der Waals surface area contributed by atoms with E-state index in [0.717, 1.165) is 28.3 Å². The molecule has 0 spiro atoms. The van der Waals surface area contributed by atoms with Gasteiger partial charge in [0.25, 0.3) is 0 Å². The third kappa shape index (κ3) is 2.14. The molecule has 0 aliphatic rings. The number of fused-ring (bicyclic) bond motifs is 1. The van der Waals surface area contributed by atoms with Crippen LogP contribution >= 0.6 is 23.4 Å². The van der Waals surface area contributed by atoms with Crippen LogP contribution in [0.5, 0.6) is 0 Å². The SMILES string of the molecule is CSc1nccc(-c2cc(Cl)n3nc(C)c(C)c3n2)n1. The van der Waals surface area contributed by atoms with Crippen LogP contribution in [0.2, 0.25) is 5.15 Å². The van der Waals surface area contributed by atoms with Crippen molar-refractivity contribution in [1.82, 2.24) is 24.6 Å².